The molecule has 0 radical (unpaired) electrons. The molecule has 15 heteroatoms. The van der Waals surface area contributed by atoms with E-state index < -0.39 is 28.9 Å². The predicted octanol–water partition coefficient (Wildman–Crippen LogP) is -0.222. The molecule has 2 aromatic heterocycles. The van der Waals surface area contributed by atoms with Crippen molar-refractivity contribution in [3.8, 4) is 0 Å². The van der Waals surface area contributed by atoms with E-state index in [1.807, 2.05) is 11.4 Å². The highest BCUT2D eigenvalue weighted by molar-refractivity contribution is 8.01. The number of rotatable bonds is 9. The van der Waals surface area contributed by atoms with Crippen LogP contribution in [-0.4, -0.2) is 77.7 Å². The van der Waals surface area contributed by atoms with Gasteiger partial charge in [-0.15, -0.1) is 28.2 Å². The molecular weight excluding hydrogens is 490 g/mol. The van der Waals surface area contributed by atoms with Crippen LogP contribution in [0.3, 0.4) is 0 Å². The highest BCUT2D eigenvalue weighted by Gasteiger charge is 2.66. The molecule has 1 fully saturated rings. The lowest BCUT2D eigenvalue weighted by molar-refractivity contribution is -0.192. The molecule has 0 unspecified atom stereocenters. The SMILES string of the molecule is CO[C@@]1(NC(=O)Cc2csc(CN)c2)C(=O)N2C(C(=O)O)=C(CSc3nnnn3C)CS[C@@H]21. The first kappa shape index (κ1) is 23.7. The van der Waals surface area contributed by atoms with Crippen molar-refractivity contribution in [2.24, 2.45) is 12.8 Å². The smallest absolute Gasteiger partial charge is 0.352 e. The van der Waals surface area contributed by atoms with Crippen molar-refractivity contribution < 1.29 is 24.2 Å². The summed E-state index contributed by atoms with van der Waals surface area (Å²) in [5, 5.41) is 25.4. The molecule has 4 N–H and O–H groups in total. The van der Waals surface area contributed by atoms with Gasteiger partial charge in [-0.2, -0.15) is 0 Å². The molecule has 4 heterocycles. The summed E-state index contributed by atoms with van der Waals surface area (Å²) in [6, 6.07) is 1.84. The van der Waals surface area contributed by atoms with Crippen LogP contribution in [0.2, 0.25) is 0 Å². The second kappa shape index (κ2) is 9.42. The van der Waals surface area contributed by atoms with Crippen LogP contribution in [0.1, 0.15) is 10.4 Å². The average Bonchev–Trinajstić information content (AvgIpc) is 3.43. The Morgan fingerprint density at radius 2 is 2.27 bits per heavy atom. The number of nitrogens with two attached hydrogens (primary N) is 1. The molecule has 33 heavy (non-hydrogen) atoms. The van der Waals surface area contributed by atoms with Gasteiger partial charge < -0.3 is 20.9 Å². The summed E-state index contributed by atoms with van der Waals surface area (Å²) >= 11 is 4.07. The maximum absolute atomic E-state index is 13.2. The minimum absolute atomic E-state index is 0.0571. The Bertz CT molecular complexity index is 1130. The number of ether oxygens (including phenoxy) is 1. The van der Waals surface area contributed by atoms with Crippen LogP contribution in [0.25, 0.3) is 0 Å². The first-order chi connectivity index (χ1) is 15.8. The van der Waals surface area contributed by atoms with E-state index in [1.54, 1.807) is 7.05 Å². The minimum Gasteiger partial charge on any atom is -0.477 e. The molecule has 1 saturated heterocycles. The van der Waals surface area contributed by atoms with Crippen molar-refractivity contribution in [1.29, 1.82) is 0 Å². The van der Waals surface area contributed by atoms with Crippen molar-refractivity contribution in [2.75, 3.05) is 18.6 Å². The Morgan fingerprint density at radius 1 is 1.48 bits per heavy atom. The van der Waals surface area contributed by atoms with E-state index in [9.17, 15) is 19.5 Å². The number of fused-ring (bicyclic) bond motifs is 1. The first-order valence-corrected chi connectivity index (χ1v) is 12.6. The number of tetrazole rings is 1. The van der Waals surface area contributed by atoms with Gasteiger partial charge in [-0.25, -0.2) is 9.48 Å². The summed E-state index contributed by atoms with van der Waals surface area (Å²) in [6.07, 6.45) is 0.0571. The predicted molar refractivity (Wildman–Crippen MR) is 121 cm³/mol. The summed E-state index contributed by atoms with van der Waals surface area (Å²) in [5.41, 5.74) is 5.24. The van der Waals surface area contributed by atoms with E-state index in [-0.39, 0.29) is 12.1 Å². The number of aromatic nitrogens is 4. The van der Waals surface area contributed by atoms with Gasteiger partial charge >= 0.3 is 5.97 Å². The van der Waals surface area contributed by atoms with E-state index in [0.29, 0.717) is 28.8 Å². The van der Waals surface area contributed by atoms with Crippen LogP contribution in [0, 0.1) is 0 Å². The number of aliphatic carboxylic acids is 1. The number of carboxylic acids is 1. The molecule has 0 bridgehead atoms. The quantitative estimate of drug-likeness (QED) is 0.231. The van der Waals surface area contributed by atoms with Crippen molar-refractivity contribution in [3.63, 3.8) is 0 Å². The molecule has 0 aliphatic carbocycles. The fourth-order valence-corrected chi connectivity index (χ4v) is 6.81. The number of carboxylic acid groups (broad SMARTS) is 1. The van der Waals surface area contributed by atoms with Crippen LogP contribution >= 0.6 is 34.9 Å². The maximum Gasteiger partial charge on any atom is 0.352 e. The third kappa shape index (κ3) is 4.26. The van der Waals surface area contributed by atoms with Gasteiger partial charge in [0.2, 0.25) is 11.1 Å². The largest absolute Gasteiger partial charge is 0.477 e. The number of nitrogens with one attached hydrogen (secondary N) is 1. The zero-order valence-corrected chi connectivity index (χ0v) is 20.1. The molecule has 2 aromatic rings. The Balaban J connectivity index is 1.51. The molecule has 2 aliphatic heterocycles. The van der Waals surface area contributed by atoms with Gasteiger partial charge in [0.15, 0.2) is 0 Å². The Kier molecular flexibility index (Phi) is 6.76. The minimum atomic E-state index is -1.62. The lowest BCUT2D eigenvalue weighted by Gasteiger charge is -2.55. The number of hydrogen-bond donors (Lipinski definition) is 3. The molecule has 2 aliphatic rings. The molecule has 12 nitrogen and oxygen atoms in total. The molecule has 0 saturated carbocycles. The van der Waals surface area contributed by atoms with E-state index in [2.05, 4.69) is 20.8 Å². The number of nitrogens with zero attached hydrogens (tertiary/aromatic N) is 5. The summed E-state index contributed by atoms with van der Waals surface area (Å²) in [7, 11) is 3.01. The number of thioether (sulfide) groups is 2. The number of carbonyl (C=O) groups is 3. The summed E-state index contributed by atoms with van der Waals surface area (Å²) < 4.78 is 6.96. The van der Waals surface area contributed by atoms with Crippen molar-refractivity contribution >= 4 is 52.6 Å². The average molecular weight is 512 g/mol. The van der Waals surface area contributed by atoms with Gasteiger partial charge in [-0.05, 0) is 33.0 Å². The third-order valence-corrected chi connectivity index (χ3v) is 8.67. The van der Waals surface area contributed by atoms with Crippen LogP contribution in [0.4, 0.5) is 0 Å². The van der Waals surface area contributed by atoms with Crippen molar-refractivity contribution in [2.45, 2.75) is 29.2 Å². The van der Waals surface area contributed by atoms with Gasteiger partial charge in [0.1, 0.15) is 11.1 Å². The first-order valence-electron chi connectivity index (χ1n) is 9.69. The van der Waals surface area contributed by atoms with Gasteiger partial charge in [0, 0.05) is 37.1 Å². The summed E-state index contributed by atoms with van der Waals surface area (Å²) in [4.78, 5) is 40.0. The lowest BCUT2D eigenvalue weighted by Crippen LogP contribution is -2.80. The summed E-state index contributed by atoms with van der Waals surface area (Å²) in [5.74, 6) is -1.59. The Labute approximate surface area is 200 Å². The second-order valence-electron chi connectivity index (χ2n) is 7.26. The normalized spacial score (nSPS) is 22.2. The van der Waals surface area contributed by atoms with E-state index >= 15 is 0 Å². The zero-order valence-electron chi connectivity index (χ0n) is 17.7. The molecule has 0 spiro atoms. The fourth-order valence-electron chi connectivity index (χ4n) is 3.61. The second-order valence-corrected chi connectivity index (χ2v) is 10.3. The van der Waals surface area contributed by atoms with Crippen LogP contribution in [0.5, 0.6) is 0 Å². The number of hydrogen-bond acceptors (Lipinski definition) is 11. The highest BCUT2D eigenvalue weighted by Crippen LogP contribution is 2.47. The number of methoxy groups -OCH3 is 1. The van der Waals surface area contributed by atoms with Gasteiger partial charge in [0.25, 0.3) is 11.6 Å². The molecule has 4 rings (SSSR count). The van der Waals surface area contributed by atoms with E-state index in [1.165, 1.54) is 51.6 Å². The Morgan fingerprint density at radius 3 is 2.88 bits per heavy atom. The topological polar surface area (TPSA) is 166 Å². The van der Waals surface area contributed by atoms with Crippen molar-refractivity contribution in [3.05, 3.63) is 33.2 Å². The maximum atomic E-state index is 13.2. The van der Waals surface area contributed by atoms with E-state index in [4.69, 9.17) is 10.5 Å². The number of thiophene rings is 1. The lowest BCUT2D eigenvalue weighted by atomic mass is 9.98. The van der Waals surface area contributed by atoms with E-state index in [0.717, 1.165) is 10.4 Å². The number of carbonyl (C=O) groups excluding carboxylic acids is 2. The molecule has 176 valence electrons. The molecule has 2 amide bonds. The monoisotopic (exact) mass is 511 g/mol. The number of aryl methyl sites for hydroxylation is 1. The zero-order chi connectivity index (χ0) is 23.8. The van der Waals surface area contributed by atoms with Crippen LogP contribution < -0.4 is 11.1 Å². The van der Waals surface area contributed by atoms with Crippen LogP contribution in [-0.2, 0) is 39.1 Å². The van der Waals surface area contributed by atoms with Gasteiger partial charge in [-0.3, -0.25) is 14.5 Å². The van der Waals surface area contributed by atoms with Gasteiger partial charge in [-0.1, -0.05) is 11.8 Å². The number of amides is 2. The molecule has 2 atom stereocenters. The molecule has 0 aromatic carbocycles. The van der Waals surface area contributed by atoms with Crippen LogP contribution in [0.15, 0.2) is 27.9 Å². The standard InChI is InChI=1S/C18H21N7O5S3/c1-24-17(21-22-23-24)33-8-10-7-32-16-18(30-2,15(29)25(16)13(10)14(27)28)20-12(26)4-9-3-11(5-19)31-6-9/h3,6,16H,4-5,7-8,19H2,1-2H3,(H,20,26)(H,27,28)/t16-,18+/m1/s1. The van der Waals surface area contributed by atoms with Gasteiger partial charge in [0.05, 0.1) is 6.42 Å². The third-order valence-electron chi connectivity index (χ3n) is 5.19. The summed E-state index contributed by atoms with van der Waals surface area (Å²) in [6.45, 7) is 0.387. The fraction of sp³-hybridized carbons (Fsp3) is 0.444. The van der Waals surface area contributed by atoms with Crippen molar-refractivity contribution in [1.82, 2.24) is 30.4 Å². The highest BCUT2D eigenvalue weighted by atomic mass is 32.2. The Hall–Kier alpha value is -2.46. The number of β-lactam (4-membered cyclic amide) rings is 1. The molecular formula is C18H21N7O5S3.